The normalized spacial score (nSPS) is 14.7. The second-order valence-corrected chi connectivity index (χ2v) is 9.78. The average Bonchev–Trinajstić information content (AvgIpc) is 3.60. The number of amides is 2. The Bertz CT molecular complexity index is 1420. The number of aliphatic carboxylic acids is 1. The van der Waals surface area contributed by atoms with Crippen LogP contribution < -0.4 is 10.1 Å². The van der Waals surface area contributed by atoms with Crippen molar-refractivity contribution in [1.82, 2.24) is 20.0 Å². The molecular formula is C26H24ClFN4O5. The van der Waals surface area contributed by atoms with Gasteiger partial charge in [-0.05, 0) is 37.1 Å². The molecule has 3 aromatic rings. The van der Waals surface area contributed by atoms with E-state index in [0.717, 1.165) is 0 Å². The number of carboxylic acids is 1. The third kappa shape index (κ3) is 4.76. The number of rotatable bonds is 8. The third-order valence-corrected chi connectivity index (χ3v) is 7.02. The van der Waals surface area contributed by atoms with Gasteiger partial charge in [-0.3, -0.25) is 19.1 Å². The molecule has 0 bridgehead atoms. The molecule has 1 fully saturated rings. The van der Waals surface area contributed by atoms with Crippen LogP contribution in [0.25, 0.3) is 11.3 Å². The summed E-state index contributed by atoms with van der Waals surface area (Å²) in [6.07, 6.45) is 0.956. The van der Waals surface area contributed by atoms with Gasteiger partial charge in [-0.15, -0.1) is 0 Å². The molecule has 1 aromatic heterocycles. The van der Waals surface area contributed by atoms with Gasteiger partial charge in [0.1, 0.15) is 24.7 Å². The summed E-state index contributed by atoms with van der Waals surface area (Å²) >= 11 is 6.19. The molecule has 0 atom stereocenters. The first-order valence-electron chi connectivity index (χ1n) is 11.7. The predicted octanol–water partition coefficient (Wildman–Crippen LogP) is 3.40. The lowest BCUT2D eigenvalue weighted by atomic mass is 10.0. The molecule has 2 amide bonds. The van der Waals surface area contributed by atoms with Crippen LogP contribution in [-0.2, 0) is 29.8 Å². The molecule has 0 saturated heterocycles. The van der Waals surface area contributed by atoms with E-state index in [-0.39, 0.29) is 31.0 Å². The molecule has 37 heavy (non-hydrogen) atoms. The van der Waals surface area contributed by atoms with Crippen molar-refractivity contribution in [1.29, 1.82) is 0 Å². The quantitative estimate of drug-likeness (QED) is 0.465. The molecule has 1 saturated carbocycles. The van der Waals surface area contributed by atoms with Gasteiger partial charge in [0.2, 0.25) is 5.91 Å². The number of fused-ring (bicyclic) bond motifs is 3. The summed E-state index contributed by atoms with van der Waals surface area (Å²) in [7, 11) is 1.69. The lowest BCUT2D eigenvalue weighted by Crippen LogP contribution is -2.43. The van der Waals surface area contributed by atoms with E-state index < -0.39 is 35.6 Å². The third-order valence-electron chi connectivity index (χ3n) is 6.79. The number of hydrogen-bond donors (Lipinski definition) is 2. The minimum atomic E-state index is -0.965. The van der Waals surface area contributed by atoms with Crippen molar-refractivity contribution in [3.8, 4) is 17.0 Å². The Hall–Kier alpha value is -3.92. The molecule has 0 unspecified atom stereocenters. The minimum Gasteiger partial charge on any atom is -0.488 e. The number of benzene rings is 2. The lowest BCUT2D eigenvalue weighted by Gasteiger charge is -2.24. The molecule has 0 radical (unpaired) electrons. The van der Waals surface area contributed by atoms with Crippen LogP contribution >= 0.6 is 11.6 Å². The van der Waals surface area contributed by atoms with Crippen LogP contribution in [0.5, 0.6) is 5.75 Å². The maximum atomic E-state index is 14.5. The predicted molar refractivity (Wildman–Crippen MR) is 131 cm³/mol. The summed E-state index contributed by atoms with van der Waals surface area (Å²) in [5.41, 5.74) is 1.23. The molecule has 1 aliphatic heterocycles. The first kappa shape index (κ1) is 24.8. The van der Waals surface area contributed by atoms with Crippen molar-refractivity contribution in [2.24, 2.45) is 12.5 Å². The fourth-order valence-electron chi connectivity index (χ4n) is 4.47. The molecule has 1 aliphatic carbocycles. The number of nitrogens with zero attached hydrogens (tertiary/aromatic N) is 3. The zero-order chi connectivity index (χ0) is 26.3. The van der Waals surface area contributed by atoms with Crippen LogP contribution in [0.3, 0.4) is 0 Å². The maximum absolute atomic E-state index is 14.5. The first-order valence-corrected chi connectivity index (χ1v) is 12.1. The van der Waals surface area contributed by atoms with Crippen molar-refractivity contribution in [2.45, 2.75) is 26.0 Å². The monoisotopic (exact) mass is 526 g/mol. The zero-order valence-electron chi connectivity index (χ0n) is 20.0. The Morgan fingerprint density at radius 3 is 2.70 bits per heavy atom. The number of carbonyl (C=O) groups excluding carboxylic acids is 2. The topological polar surface area (TPSA) is 114 Å². The van der Waals surface area contributed by atoms with Crippen molar-refractivity contribution >= 4 is 29.4 Å². The van der Waals surface area contributed by atoms with Gasteiger partial charge in [-0.2, -0.15) is 5.10 Å². The van der Waals surface area contributed by atoms with Crippen LogP contribution in [0.2, 0.25) is 5.02 Å². The van der Waals surface area contributed by atoms with Gasteiger partial charge in [0, 0.05) is 41.9 Å². The Labute approximate surface area is 216 Å². The smallest absolute Gasteiger partial charge is 0.311 e. The minimum absolute atomic E-state index is 0.0345. The number of nitrogens with one attached hydrogen (secondary N) is 1. The van der Waals surface area contributed by atoms with Gasteiger partial charge in [0.15, 0.2) is 5.69 Å². The van der Waals surface area contributed by atoms with Crippen LogP contribution in [0.15, 0.2) is 42.5 Å². The van der Waals surface area contributed by atoms with Crippen LogP contribution in [-0.4, -0.2) is 50.7 Å². The molecule has 192 valence electrons. The molecule has 9 nitrogen and oxygen atoms in total. The van der Waals surface area contributed by atoms with Gasteiger partial charge in [-0.25, -0.2) is 4.39 Å². The van der Waals surface area contributed by atoms with E-state index >= 15 is 0 Å². The lowest BCUT2D eigenvalue weighted by molar-refractivity contribution is -0.143. The van der Waals surface area contributed by atoms with E-state index in [4.69, 9.17) is 16.3 Å². The van der Waals surface area contributed by atoms with Gasteiger partial charge in [0.25, 0.3) is 5.91 Å². The molecule has 2 heterocycles. The van der Waals surface area contributed by atoms with Crippen LogP contribution in [0.1, 0.15) is 34.5 Å². The van der Waals surface area contributed by atoms with Gasteiger partial charge < -0.3 is 20.1 Å². The van der Waals surface area contributed by atoms with E-state index in [0.29, 0.717) is 40.4 Å². The molecule has 0 spiro atoms. The van der Waals surface area contributed by atoms with Gasteiger partial charge >= 0.3 is 5.97 Å². The number of aryl methyl sites for hydroxylation is 1. The van der Waals surface area contributed by atoms with Crippen LogP contribution in [0.4, 0.5) is 4.39 Å². The molecule has 2 aromatic carbocycles. The van der Waals surface area contributed by atoms with E-state index in [9.17, 15) is 23.9 Å². The average molecular weight is 527 g/mol. The van der Waals surface area contributed by atoms with Gasteiger partial charge in [-0.1, -0.05) is 29.8 Å². The van der Waals surface area contributed by atoms with Crippen molar-refractivity contribution < 1.29 is 28.6 Å². The van der Waals surface area contributed by atoms with E-state index in [1.165, 1.54) is 23.1 Å². The molecule has 11 heteroatoms. The fraction of sp³-hybridized carbons (Fsp3) is 0.308. The van der Waals surface area contributed by atoms with E-state index in [2.05, 4.69) is 10.4 Å². The van der Waals surface area contributed by atoms with Crippen molar-refractivity contribution in [3.63, 3.8) is 0 Å². The highest BCUT2D eigenvalue weighted by Gasteiger charge is 2.50. The SMILES string of the molecule is Cn1nc(C(=O)N(CC(=O)NCC2(C(=O)O)CC2)Cc2ccccc2F)c2c1-c1cc(Cl)ccc1OC2. The van der Waals surface area contributed by atoms with E-state index in [1.54, 1.807) is 36.0 Å². The summed E-state index contributed by atoms with van der Waals surface area (Å²) < 4.78 is 21.9. The highest BCUT2D eigenvalue weighted by atomic mass is 35.5. The zero-order valence-corrected chi connectivity index (χ0v) is 20.7. The Kier molecular flexibility index (Phi) is 6.36. The first-order chi connectivity index (χ1) is 17.7. The number of carbonyl (C=O) groups is 3. The largest absolute Gasteiger partial charge is 0.488 e. The Morgan fingerprint density at radius 2 is 2.00 bits per heavy atom. The maximum Gasteiger partial charge on any atom is 0.311 e. The highest BCUT2D eigenvalue weighted by molar-refractivity contribution is 6.31. The summed E-state index contributed by atoms with van der Waals surface area (Å²) in [5, 5.41) is 16.9. The molecule has 2 N–H and O–H groups in total. The summed E-state index contributed by atoms with van der Waals surface area (Å²) in [4.78, 5) is 39.2. The second-order valence-electron chi connectivity index (χ2n) is 9.34. The van der Waals surface area contributed by atoms with Crippen molar-refractivity contribution in [3.05, 3.63) is 70.1 Å². The van der Waals surface area contributed by atoms with E-state index in [1.807, 2.05) is 0 Å². The summed E-state index contributed by atoms with van der Waals surface area (Å²) in [6, 6.07) is 11.2. The summed E-state index contributed by atoms with van der Waals surface area (Å²) in [6.45, 7) is -0.540. The standard InChI is InChI=1S/C26H24ClFN4O5/c1-31-23-17-10-16(27)6-7-20(17)37-13-18(23)22(30-31)24(34)32(11-15-4-2-3-5-19(15)28)12-21(33)29-14-26(8-9-26)25(35)36/h2-7,10H,8-9,11-14H2,1H3,(H,29,33)(H,35,36). The number of aromatic nitrogens is 2. The highest BCUT2D eigenvalue weighted by Crippen LogP contribution is 2.45. The Balaban J connectivity index is 1.44. The number of carboxylic acid groups (broad SMARTS) is 1. The molecule has 5 rings (SSSR count). The van der Waals surface area contributed by atoms with Crippen molar-refractivity contribution in [2.75, 3.05) is 13.1 Å². The van der Waals surface area contributed by atoms with Crippen LogP contribution in [0, 0.1) is 11.2 Å². The number of halogens is 2. The van der Waals surface area contributed by atoms with Gasteiger partial charge in [0.05, 0.1) is 11.1 Å². The molecule has 2 aliphatic rings. The molecular weight excluding hydrogens is 503 g/mol. The fourth-order valence-corrected chi connectivity index (χ4v) is 4.64. The second kappa shape index (κ2) is 9.51. The Morgan fingerprint density at radius 1 is 1.24 bits per heavy atom. The summed E-state index contributed by atoms with van der Waals surface area (Å²) in [5.74, 6) is -2.00. The number of ether oxygens (including phenoxy) is 1. The number of hydrogen-bond acceptors (Lipinski definition) is 5.